The van der Waals surface area contributed by atoms with Crippen molar-refractivity contribution in [1.82, 2.24) is 9.97 Å². The molecule has 6 nitrogen and oxygen atoms in total. The van der Waals surface area contributed by atoms with Gasteiger partial charge in [-0.25, -0.2) is 9.97 Å². The molecule has 0 spiro atoms. The van der Waals surface area contributed by atoms with Gasteiger partial charge in [0.05, 0.1) is 0 Å². The van der Waals surface area contributed by atoms with Crippen molar-refractivity contribution in [3.8, 4) is 5.75 Å². The summed E-state index contributed by atoms with van der Waals surface area (Å²) in [4.78, 5) is 8.24. The monoisotopic (exact) mass is 341 g/mol. The number of anilines is 2. The fraction of sp³-hybridized carbons (Fsp3) is 0.0588. The van der Waals surface area contributed by atoms with Gasteiger partial charge in [-0.05, 0) is 31.2 Å². The van der Waals surface area contributed by atoms with E-state index in [1.165, 1.54) is 18.5 Å². The zero-order valence-corrected chi connectivity index (χ0v) is 13.7. The van der Waals surface area contributed by atoms with Crippen LogP contribution in [0.5, 0.6) is 5.75 Å². The number of hydrogen-bond donors (Lipinski definition) is 1. The predicted octanol–water partition coefficient (Wildman–Crippen LogP) is 3.30. The van der Waals surface area contributed by atoms with Gasteiger partial charge in [-0.3, -0.25) is 0 Å². The Bertz CT molecular complexity index is 944. The molecule has 0 amide bonds. The molecule has 0 saturated carbocycles. The minimum atomic E-state index is -3.86. The highest BCUT2D eigenvalue weighted by Crippen LogP contribution is 2.23. The molecule has 2 aromatic carbocycles. The van der Waals surface area contributed by atoms with Gasteiger partial charge >= 0.3 is 10.1 Å². The molecule has 0 unspecified atom stereocenters. The second kappa shape index (κ2) is 6.67. The van der Waals surface area contributed by atoms with Gasteiger partial charge in [-0.2, -0.15) is 8.42 Å². The van der Waals surface area contributed by atoms with Crippen molar-refractivity contribution in [3.63, 3.8) is 0 Å². The summed E-state index contributed by atoms with van der Waals surface area (Å²) in [5.41, 5.74) is 1.49. The third-order valence-electron chi connectivity index (χ3n) is 3.15. The summed E-state index contributed by atoms with van der Waals surface area (Å²) in [5, 5.41) is 3.08. The van der Waals surface area contributed by atoms with Gasteiger partial charge < -0.3 is 9.50 Å². The molecule has 0 bridgehead atoms. The van der Waals surface area contributed by atoms with Gasteiger partial charge in [0.2, 0.25) is 0 Å². The summed E-state index contributed by atoms with van der Waals surface area (Å²) in [5.74, 6) is 0.834. The molecule has 3 rings (SSSR count). The number of rotatable bonds is 5. The Morgan fingerprint density at radius 1 is 0.958 bits per heavy atom. The maximum absolute atomic E-state index is 12.3. The number of aryl methyl sites for hydroxylation is 1. The Hall–Kier alpha value is -2.93. The minimum Gasteiger partial charge on any atom is -0.379 e. The van der Waals surface area contributed by atoms with Crippen molar-refractivity contribution >= 4 is 21.6 Å². The molecule has 0 fully saturated rings. The van der Waals surface area contributed by atoms with Gasteiger partial charge in [-0.1, -0.05) is 24.3 Å². The Morgan fingerprint density at radius 3 is 2.50 bits per heavy atom. The zero-order valence-electron chi connectivity index (χ0n) is 12.9. The van der Waals surface area contributed by atoms with E-state index >= 15 is 0 Å². The normalized spacial score (nSPS) is 11.0. The second-order valence-electron chi connectivity index (χ2n) is 5.05. The third-order valence-corrected chi connectivity index (χ3v) is 4.41. The highest BCUT2D eigenvalue weighted by atomic mass is 32.2. The van der Waals surface area contributed by atoms with E-state index in [0.29, 0.717) is 11.5 Å². The Morgan fingerprint density at radius 2 is 1.75 bits per heavy atom. The van der Waals surface area contributed by atoms with Crippen molar-refractivity contribution in [2.75, 3.05) is 5.32 Å². The van der Waals surface area contributed by atoms with Crippen molar-refractivity contribution in [1.29, 1.82) is 0 Å². The zero-order chi connectivity index (χ0) is 17.0. The van der Waals surface area contributed by atoms with Crippen LogP contribution in [-0.4, -0.2) is 18.4 Å². The molecule has 0 saturated heterocycles. The Balaban J connectivity index is 1.81. The number of hydrogen-bond acceptors (Lipinski definition) is 6. The van der Waals surface area contributed by atoms with Crippen LogP contribution in [0.4, 0.5) is 11.5 Å². The van der Waals surface area contributed by atoms with E-state index in [1.807, 2.05) is 6.92 Å². The van der Waals surface area contributed by atoms with Crippen molar-refractivity contribution in [2.45, 2.75) is 11.8 Å². The fourth-order valence-electron chi connectivity index (χ4n) is 2.06. The topological polar surface area (TPSA) is 81.2 Å². The molecule has 0 aliphatic heterocycles. The maximum Gasteiger partial charge on any atom is 0.339 e. The summed E-state index contributed by atoms with van der Waals surface area (Å²) in [6.07, 6.45) is 1.46. The minimum absolute atomic E-state index is 0.106. The van der Waals surface area contributed by atoms with Crippen LogP contribution in [0, 0.1) is 6.92 Å². The summed E-state index contributed by atoms with van der Waals surface area (Å²) < 4.78 is 29.7. The molecule has 1 heterocycles. The highest BCUT2D eigenvalue weighted by molar-refractivity contribution is 7.87. The highest BCUT2D eigenvalue weighted by Gasteiger charge is 2.16. The first-order valence-electron chi connectivity index (χ1n) is 7.18. The first-order valence-corrected chi connectivity index (χ1v) is 8.59. The van der Waals surface area contributed by atoms with Crippen molar-refractivity contribution in [2.24, 2.45) is 0 Å². The van der Waals surface area contributed by atoms with E-state index in [0.717, 1.165) is 5.69 Å². The van der Waals surface area contributed by atoms with Crippen LogP contribution in [0.2, 0.25) is 0 Å². The number of nitrogens with one attached hydrogen (secondary N) is 1. The van der Waals surface area contributed by atoms with Crippen LogP contribution in [-0.2, 0) is 10.1 Å². The van der Waals surface area contributed by atoms with Crippen LogP contribution >= 0.6 is 0 Å². The summed E-state index contributed by atoms with van der Waals surface area (Å²) in [6.45, 7) is 1.86. The third kappa shape index (κ3) is 3.88. The lowest BCUT2D eigenvalue weighted by atomic mass is 10.3. The lowest BCUT2D eigenvalue weighted by Gasteiger charge is -2.10. The second-order valence-corrected chi connectivity index (χ2v) is 6.59. The predicted molar refractivity (Wildman–Crippen MR) is 90.7 cm³/mol. The SMILES string of the molecule is Cc1cc(Nc2cccc(OS(=O)(=O)c3ccccc3)c2)ncn1. The van der Waals surface area contributed by atoms with Crippen LogP contribution in [0.15, 0.2) is 71.9 Å². The molecule has 1 N–H and O–H groups in total. The van der Waals surface area contributed by atoms with Crippen LogP contribution < -0.4 is 9.50 Å². The van der Waals surface area contributed by atoms with E-state index in [-0.39, 0.29) is 10.6 Å². The average molecular weight is 341 g/mol. The molecule has 7 heteroatoms. The molecule has 1 aromatic heterocycles. The van der Waals surface area contributed by atoms with Crippen molar-refractivity contribution in [3.05, 3.63) is 72.7 Å². The molecular formula is C17H15N3O3S. The fourth-order valence-corrected chi connectivity index (χ4v) is 3.00. The van der Waals surface area contributed by atoms with Crippen LogP contribution in [0.1, 0.15) is 5.69 Å². The summed E-state index contributed by atoms with van der Waals surface area (Å²) in [6, 6.07) is 16.5. The molecule has 3 aromatic rings. The molecule has 0 aliphatic rings. The van der Waals surface area contributed by atoms with Gasteiger partial charge in [0.15, 0.2) is 0 Å². The van der Waals surface area contributed by atoms with Gasteiger partial charge in [0.1, 0.15) is 22.8 Å². The standard InChI is InChI=1S/C17H15N3O3S/c1-13-10-17(19-12-18-13)20-14-6-5-7-15(11-14)23-24(21,22)16-8-3-2-4-9-16/h2-12H,1H3,(H,18,19,20). The number of aromatic nitrogens is 2. The molecular weight excluding hydrogens is 326 g/mol. The summed E-state index contributed by atoms with van der Waals surface area (Å²) >= 11 is 0. The maximum atomic E-state index is 12.3. The van der Waals surface area contributed by atoms with Crippen molar-refractivity contribution < 1.29 is 12.6 Å². The van der Waals surface area contributed by atoms with E-state index in [9.17, 15) is 8.42 Å². The van der Waals surface area contributed by atoms with E-state index in [1.54, 1.807) is 48.5 Å². The van der Waals surface area contributed by atoms with E-state index in [2.05, 4.69) is 15.3 Å². The first-order chi connectivity index (χ1) is 11.5. The van der Waals surface area contributed by atoms with E-state index < -0.39 is 10.1 Å². The molecule has 122 valence electrons. The first kappa shape index (κ1) is 15.9. The van der Waals surface area contributed by atoms with Crippen LogP contribution in [0.3, 0.4) is 0 Å². The molecule has 0 radical (unpaired) electrons. The Kier molecular flexibility index (Phi) is 4.43. The number of nitrogens with zero attached hydrogens (tertiary/aromatic N) is 2. The largest absolute Gasteiger partial charge is 0.379 e. The van der Waals surface area contributed by atoms with Gasteiger partial charge in [-0.15, -0.1) is 0 Å². The molecule has 24 heavy (non-hydrogen) atoms. The van der Waals surface area contributed by atoms with E-state index in [4.69, 9.17) is 4.18 Å². The lowest BCUT2D eigenvalue weighted by Crippen LogP contribution is -2.09. The molecule has 0 atom stereocenters. The van der Waals surface area contributed by atoms with Gasteiger partial charge in [0.25, 0.3) is 0 Å². The summed E-state index contributed by atoms with van der Waals surface area (Å²) in [7, 11) is -3.86. The average Bonchev–Trinajstić information content (AvgIpc) is 2.56. The smallest absolute Gasteiger partial charge is 0.339 e. The quantitative estimate of drug-likeness (QED) is 0.717. The van der Waals surface area contributed by atoms with Crippen LogP contribution in [0.25, 0.3) is 0 Å². The number of benzene rings is 2. The Labute approximate surface area is 140 Å². The van der Waals surface area contributed by atoms with Gasteiger partial charge in [0, 0.05) is 23.5 Å². The lowest BCUT2D eigenvalue weighted by molar-refractivity contribution is 0.486. The molecule has 0 aliphatic carbocycles.